The molecule has 0 fully saturated rings. The first kappa shape index (κ1) is 15.7. The van der Waals surface area contributed by atoms with Crippen LogP contribution in [-0.2, 0) is 6.54 Å². The number of amides is 2. The van der Waals surface area contributed by atoms with E-state index in [2.05, 4.69) is 10.6 Å². The fourth-order valence-corrected chi connectivity index (χ4v) is 1.92. The van der Waals surface area contributed by atoms with E-state index in [0.29, 0.717) is 5.56 Å². The number of carbonyl (C=O) groups excluding carboxylic acids is 1. The standard InChI is InChI=1S/C14H11ClFN3O3/c15-11-7-10(19(21)22)5-6-13(11)18-14(20)17-8-9-3-1-2-4-12(9)16/h1-7H,8H2,(H2,17,18,20). The van der Waals surface area contributed by atoms with Crippen LogP contribution in [-0.4, -0.2) is 11.0 Å². The number of carbonyl (C=O) groups is 1. The van der Waals surface area contributed by atoms with Gasteiger partial charge in [0.1, 0.15) is 5.82 Å². The Balaban J connectivity index is 1.98. The van der Waals surface area contributed by atoms with Gasteiger partial charge in [0.2, 0.25) is 0 Å². The second kappa shape index (κ2) is 6.86. The summed E-state index contributed by atoms with van der Waals surface area (Å²) in [5, 5.41) is 15.5. The molecule has 0 atom stereocenters. The van der Waals surface area contributed by atoms with Crippen LogP contribution in [0, 0.1) is 15.9 Å². The number of nitro groups is 1. The largest absolute Gasteiger partial charge is 0.334 e. The Kier molecular flexibility index (Phi) is 4.90. The molecule has 2 rings (SSSR count). The number of benzene rings is 2. The first-order chi connectivity index (χ1) is 10.5. The van der Waals surface area contributed by atoms with Crippen LogP contribution in [0.3, 0.4) is 0 Å². The van der Waals surface area contributed by atoms with Gasteiger partial charge >= 0.3 is 6.03 Å². The van der Waals surface area contributed by atoms with Crippen LogP contribution < -0.4 is 10.6 Å². The van der Waals surface area contributed by atoms with Gasteiger partial charge in [-0.05, 0) is 12.1 Å². The highest BCUT2D eigenvalue weighted by Gasteiger charge is 2.11. The Morgan fingerprint density at radius 2 is 2.00 bits per heavy atom. The van der Waals surface area contributed by atoms with Gasteiger partial charge < -0.3 is 10.6 Å². The average molecular weight is 324 g/mol. The number of anilines is 1. The molecule has 0 saturated carbocycles. The zero-order valence-electron chi connectivity index (χ0n) is 11.2. The molecule has 22 heavy (non-hydrogen) atoms. The average Bonchev–Trinajstić information content (AvgIpc) is 2.48. The Labute approximate surface area is 130 Å². The van der Waals surface area contributed by atoms with Crippen molar-refractivity contribution in [3.05, 3.63) is 69.0 Å². The molecule has 0 aliphatic rings. The number of hydrogen-bond acceptors (Lipinski definition) is 3. The molecule has 0 aromatic heterocycles. The maximum Gasteiger partial charge on any atom is 0.319 e. The van der Waals surface area contributed by atoms with Gasteiger partial charge in [-0.15, -0.1) is 0 Å². The summed E-state index contributed by atoms with van der Waals surface area (Å²) in [6.45, 7) is 0.00308. The molecular weight excluding hydrogens is 313 g/mol. The summed E-state index contributed by atoms with van der Waals surface area (Å²) in [6, 6.07) is 9.13. The van der Waals surface area contributed by atoms with Crippen molar-refractivity contribution < 1.29 is 14.1 Å². The summed E-state index contributed by atoms with van der Waals surface area (Å²) in [7, 11) is 0. The number of nitrogens with zero attached hydrogens (tertiary/aromatic N) is 1. The third-order valence-electron chi connectivity index (χ3n) is 2.81. The molecule has 0 bridgehead atoms. The van der Waals surface area contributed by atoms with E-state index in [0.717, 1.165) is 6.07 Å². The van der Waals surface area contributed by atoms with E-state index in [1.54, 1.807) is 18.2 Å². The van der Waals surface area contributed by atoms with E-state index < -0.39 is 16.8 Å². The summed E-state index contributed by atoms with van der Waals surface area (Å²) < 4.78 is 13.4. The monoisotopic (exact) mass is 323 g/mol. The summed E-state index contributed by atoms with van der Waals surface area (Å²) >= 11 is 5.85. The van der Waals surface area contributed by atoms with E-state index in [9.17, 15) is 19.3 Å². The predicted molar refractivity (Wildman–Crippen MR) is 80.4 cm³/mol. The lowest BCUT2D eigenvalue weighted by atomic mass is 10.2. The fourth-order valence-electron chi connectivity index (χ4n) is 1.70. The van der Waals surface area contributed by atoms with Gasteiger partial charge in [0.15, 0.2) is 0 Å². The summed E-state index contributed by atoms with van der Waals surface area (Å²) in [5.74, 6) is -0.420. The van der Waals surface area contributed by atoms with Crippen LogP contribution in [0.25, 0.3) is 0 Å². The first-order valence-corrected chi connectivity index (χ1v) is 6.57. The van der Waals surface area contributed by atoms with E-state index in [1.165, 1.54) is 18.2 Å². The minimum absolute atomic E-state index is 0.00308. The minimum Gasteiger partial charge on any atom is -0.334 e. The molecule has 2 aromatic rings. The number of halogens is 2. The second-order valence-electron chi connectivity index (χ2n) is 4.32. The predicted octanol–water partition coefficient (Wildman–Crippen LogP) is 3.71. The molecule has 8 heteroatoms. The van der Waals surface area contributed by atoms with Crippen molar-refractivity contribution in [2.75, 3.05) is 5.32 Å². The van der Waals surface area contributed by atoms with E-state index in [1.807, 2.05) is 0 Å². The van der Waals surface area contributed by atoms with Crippen LogP contribution in [0.2, 0.25) is 5.02 Å². The topological polar surface area (TPSA) is 84.3 Å². The number of nitro benzene ring substituents is 1. The molecule has 0 radical (unpaired) electrons. The molecule has 0 spiro atoms. The lowest BCUT2D eigenvalue weighted by molar-refractivity contribution is -0.384. The number of hydrogen-bond donors (Lipinski definition) is 2. The maximum atomic E-state index is 13.4. The first-order valence-electron chi connectivity index (χ1n) is 6.19. The van der Waals surface area contributed by atoms with Crippen LogP contribution >= 0.6 is 11.6 Å². The lowest BCUT2D eigenvalue weighted by Crippen LogP contribution is -2.28. The van der Waals surface area contributed by atoms with Crippen molar-refractivity contribution in [2.45, 2.75) is 6.54 Å². The summed E-state index contributed by atoms with van der Waals surface area (Å²) in [5.41, 5.74) is 0.382. The second-order valence-corrected chi connectivity index (χ2v) is 4.73. The molecule has 2 amide bonds. The molecule has 0 aliphatic carbocycles. The Morgan fingerprint density at radius 1 is 1.27 bits per heavy atom. The highest BCUT2D eigenvalue weighted by Crippen LogP contribution is 2.26. The highest BCUT2D eigenvalue weighted by molar-refractivity contribution is 6.33. The van der Waals surface area contributed by atoms with Crippen LogP contribution in [0.4, 0.5) is 20.6 Å². The molecule has 0 heterocycles. The van der Waals surface area contributed by atoms with Crippen molar-refractivity contribution in [2.24, 2.45) is 0 Å². The molecule has 2 aromatic carbocycles. The molecule has 114 valence electrons. The Morgan fingerprint density at radius 3 is 2.64 bits per heavy atom. The smallest absolute Gasteiger partial charge is 0.319 e. The molecule has 0 unspecified atom stereocenters. The highest BCUT2D eigenvalue weighted by atomic mass is 35.5. The zero-order valence-corrected chi connectivity index (χ0v) is 11.9. The van der Waals surface area contributed by atoms with Gasteiger partial charge in [0, 0.05) is 24.2 Å². The van der Waals surface area contributed by atoms with Crippen molar-refractivity contribution in [3.63, 3.8) is 0 Å². The third-order valence-corrected chi connectivity index (χ3v) is 3.12. The van der Waals surface area contributed by atoms with Gasteiger partial charge in [-0.3, -0.25) is 10.1 Å². The van der Waals surface area contributed by atoms with Crippen LogP contribution in [0.5, 0.6) is 0 Å². The lowest BCUT2D eigenvalue weighted by Gasteiger charge is -2.09. The van der Waals surface area contributed by atoms with E-state index in [4.69, 9.17) is 11.6 Å². The fraction of sp³-hybridized carbons (Fsp3) is 0.0714. The molecular formula is C14H11ClFN3O3. The molecule has 0 aliphatic heterocycles. The van der Waals surface area contributed by atoms with E-state index >= 15 is 0 Å². The van der Waals surface area contributed by atoms with Crippen molar-refractivity contribution in [1.82, 2.24) is 5.32 Å². The number of urea groups is 1. The van der Waals surface area contributed by atoms with Gasteiger partial charge in [-0.1, -0.05) is 29.8 Å². The summed E-state index contributed by atoms with van der Waals surface area (Å²) in [4.78, 5) is 21.7. The third kappa shape index (κ3) is 3.92. The zero-order chi connectivity index (χ0) is 16.1. The molecule has 2 N–H and O–H groups in total. The normalized spacial score (nSPS) is 10.1. The minimum atomic E-state index is -0.598. The van der Waals surface area contributed by atoms with Crippen molar-refractivity contribution >= 4 is 29.0 Å². The summed E-state index contributed by atoms with van der Waals surface area (Å²) in [6.07, 6.45) is 0. The Hall–Kier alpha value is -2.67. The van der Waals surface area contributed by atoms with Gasteiger partial charge in [0.25, 0.3) is 5.69 Å². The van der Waals surface area contributed by atoms with Crippen LogP contribution in [0.1, 0.15) is 5.56 Å². The van der Waals surface area contributed by atoms with Gasteiger partial charge in [-0.25, -0.2) is 9.18 Å². The number of nitrogens with one attached hydrogen (secondary N) is 2. The molecule has 6 nitrogen and oxygen atoms in total. The van der Waals surface area contributed by atoms with Gasteiger partial charge in [-0.2, -0.15) is 0 Å². The quantitative estimate of drug-likeness (QED) is 0.664. The Bertz CT molecular complexity index is 724. The molecule has 0 saturated heterocycles. The van der Waals surface area contributed by atoms with Crippen molar-refractivity contribution in [3.8, 4) is 0 Å². The van der Waals surface area contributed by atoms with E-state index in [-0.39, 0.29) is 22.9 Å². The van der Waals surface area contributed by atoms with Crippen molar-refractivity contribution in [1.29, 1.82) is 0 Å². The van der Waals surface area contributed by atoms with Crippen LogP contribution in [0.15, 0.2) is 42.5 Å². The SMILES string of the molecule is O=C(NCc1ccccc1F)Nc1ccc([N+](=O)[O-])cc1Cl. The van der Waals surface area contributed by atoms with Gasteiger partial charge in [0.05, 0.1) is 15.6 Å². The number of rotatable bonds is 4. The maximum absolute atomic E-state index is 13.4. The number of non-ortho nitro benzene ring substituents is 1.